The van der Waals surface area contributed by atoms with Gasteiger partial charge in [0.05, 0.1) is 23.1 Å². The number of hydrogen-bond donors (Lipinski definition) is 1. The van der Waals surface area contributed by atoms with Gasteiger partial charge < -0.3 is 10.1 Å². The predicted molar refractivity (Wildman–Crippen MR) is 119 cm³/mol. The van der Waals surface area contributed by atoms with Crippen molar-refractivity contribution >= 4 is 15.9 Å². The average Bonchev–Trinajstić information content (AvgIpc) is 3.57. The molecule has 2 aromatic rings. The molecular weight excluding hydrogens is 412 g/mol. The van der Waals surface area contributed by atoms with Gasteiger partial charge in [0.15, 0.2) is 0 Å². The van der Waals surface area contributed by atoms with Gasteiger partial charge in [-0.25, -0.2) is 8.42 Å². The topological polar surface area (TPSA) is 75.7 Å². The summed E-state index contributed by atoms with van der Waals surface area (Å²) in [5.41, 5.74) is 2.61. The summed E-state index contributed by atoms with van der Waals surface area (Å²) in [7, 11) is -3.70. The highest BCUT2D eigenvalue weighted by molar-refractivity contribution is 7.89. The molecule has 7 heteroatoms. The summed E-state index contributed by atoms with van der Waals surface area (Å²) in [6.45, 7) is 6.38. The number of carbonyl (C=O) groups excluding carboxylic acids is 1. The van der Waals surface area contributed by atoms with E-state index in [4.69, 9.17) is 4.74 Å². The molecule has 31 heavy (non-hydrogen) atoms. The maximum atomic E-state index is 13.2. The van der Waals surface area contributed by atoms with E-state index in [9.17, 15) is 13.2 Å². The first-order chi connectivity index (χ1) is 14.7. The monoisotopic (exact) mass is 442 g/mol. The van der Waals surface area contributed by atoms with E-state index in [1.165, 1.54) is 15.9 Å². The lowest BCUT2D eigenvalue weighted by atomic mass is 10.0. The van der Waals surface area contributed by atoms with Crippen LogP contribution in [0.1, 0.15) is 54.2 Å². The molecular formula is C24H30N2O4S. The predicted octanol–water partition coefficient (Wildman–Crippen LogP) is 3.67. The molecule has 4 rings (SSSR count). The summed E-state index contributed by atoms with van der Waals surface area (Å²) < 4.78 is 33.5. The van der Waals surface area contributed by atoms with E-state index in [0.717, 1.165) is 18.4 Å². The molecule has 1 aliphatic carbocycles. The highest BCUT2D eigenvalue weighted by Crippen LogP contribution is 2.41. The molecule has 6 nitrogen and oxygen atoms in total. The molecule has 3 atom stereocenters. The third-order valence-electron chi connectivity index (χ3n) is 5.94. The summed E-state index contributed by atoms with van der Waals surface area (Å²) in [6, 6.07) is 14.5. The molecule has 1 heterocycles. The summed E-state index contributed by atoms with van der Waals surface area (Å²) in [5, 5.41) is 3.14. The van der Waals surface area contributed by atoms with Crippen molar-refractivity contribution in [2.75, 3.05) is 13.1 Å². The Morgan fingerprint density at radius 3 is 2.32 bits per heavy atom. The van der Waals surface area contributed by atoms with Crippen molar-refractivity contribution in [1.82, 2.24) is 9.62 Å². The second kappa shape index (κ2) is 8.73. The molecule has 1 amide bonds. The van der Waals surface area contributed by atoms with Crippen LogP contribution < -0.4 is 5.32 Å². The van der Waals surface area contributed by atoms with Crippen molar-refractivity contribution in [1.29, 1.82) is 0 Å². The first-order valence-electron chi connectivity index (χ1n) is 10.9. The van der Waals surface area contributed by atoms with Crippen LogP contribution in [-0.4, -0.2) is 43.9 Å². The van der Waals surface area contributed by atoms with Crippen LogP contribution in [0.3, 0.4) is 0 Å². The fourth-order valence-electron chi connectivity index (χ4n) is 4.18. The van der Waals surface area contributed by atoms with Crippen LogP contribution in [0.2, 0.25) is 0 Å². The van der Waals surface area contributed by atoms with Crippen molar-refractivity contribution in [2.24, 2.45) is 5.92 Å². The zero-order valence-corrected chi connectivity index (χ0v) is 19.1. The highest BCUT2D eigenvalue weighted by Gasteiger charge is 2.35. The Morgan fingerprint density at radius 1 is 1.06 bits per heavy atom. The van der Waals surface area contributed by atoms with Crippen molar-refractivity contribution < 1.29 is 17.9 Å². The minimum absolute atomic E-state index is 0.0608. The van der Waals surface area contributed by atoms with Crippen LogP contribution in [-0.2, 0) is 14.8 Å². The minimum atomic E-state index is -3.70. The SMILES string of the molecule is Cc1ccc(C(NC(=O)c2cccc(S(=O)(=O)N3CC(C)OC(C)C3)c2)C2CC2)cc1. The Hall–Kier alpha value is -2.22. The fourth-order valence-corrected chi connectivity index (χ4v) is 5.81. The summed E-state index contributed by atoms with van der Waals surface area (Å²) in [5.74, 6) is 0.174. The number of hydrogen-bond acceptors (Lipinski definition) is 4. The van der Waals surface area contributed by atoms with Crippen LogP contribution in [0.4, 0.5) is 0 Å². The van der Waals surface area contributed by atoms with Gasteiger partial charge in [0, 0.05) is 18.7 Å². The van der Waals surface area contributed by atoms with E-state index in [1.807, 2.05) is 32.9 Å². The number of amides is 1. The summed E-state index contributed by atoms with van der Waals surface area (Å²) >= 11 is 0. The highest BCUT2D eigenvalue weighted by atomic mass is 32.2. The third-order valence-corrected chi connectivity index (χ3v) is 7.76. The van der Waals surface area contributed by atoms with E-state index < -0.39 is 10.0 Å². The lowest BCUT2D eigenvalue weighted by Crippen LogP contribution is -2.48. The van der Waals surface area contributed by atoms with Crippen molar-refractivity contribution in [3.05, 3.63) is 65.2 Å². The fraction of sp³-hybridized carbons (Fsp3) is 0.458. The molecule has 3 unspecified atom stereocenters. The Labute approximate surface area is 184 Å². The van der Waals surface area contributed by atoms with Gasteiger partial charge >= 0.3 is 0 Å². The van der Waals surface area contributed by atoms with E-state index in [0.29, 0.717) is 24.6 Å². The molecule has 166 valence electrons. The van der Waals surface area contributed by atoms with Crippen LogP contribution in [0.15, 0.2) is 53.4 Å². The van der Waals surface area contributed by atoms with Crippen LogP contribution in [0, 0.1) is 12.8 Å². The van der Waals surface area contributed by atoms with Gasteiger partial charge in [-0.2, -0.15) is 4.31 Å². The molecule has 1 saturated heterocycles. The molecule has 1 saturated carbocycles. The number of ether oxygens (including phenoxy) is 1. The molecule has 0 bridgehead atoms. The number of aryl methyl sites for hydroxylation is 1. The number of carbonyl (C=O) groups is 1. The standard InChI is InChI=1S/C24H30N2O4S/c1-16-7-9-19(10-8-16)23(20-11-12-20)25-24(27)21-5-4-6-22(13-21)31(28,29)26-14-17(2)30-18(3)15-26/h4-10,13,17-18,20,23H,11-12,14-15H2,1-3H3,(H,25,27). The van der Waals surface area contributed by atoms with Gasteiger partial charge in [0.25, 0.3) is 5.91 Å². The van der Waals surface area contributed by atoms with Gasteiger partial charge in [0.2, 0.25) is 10.0 Å². The first kappa shape index (κ1) is 22.0. The quantitative estimate of drug-likeness (QED) is 0.741. The average molecular weight is 443 g/mol. The normalized spacial score (nSPS) is 23.3. The van der Waals surface area contributed by atoms with Crippen LogP contribution in [0.25, 0.3) is 0 Å². The van der Waals surface area contributed by atoms with E-state index in [1.54, 1.807) is 18.2 Å². The molecule has 0 spiro atoms. The Balaban J connectivity index is 1.54. The largest absolute Gasteiger partial charge is 0.373 e. The van der Waals surface area contributed by atoms with Gasteiger partial charge in [-0.1, -0.05) is 35.9 Å². The Bertz CT molecular complexity index is 1040. The zero-order valence-electron chi connectivity index (χ0n) is 18.2. The van der Waals surface area contributed by atoms with Crippen LogP contribution in [0.5, 0.6) is 0 Å². The lowest BCUT2D eigenvalue weighted by molar-refractivity contribution is -0.0440. The number of sulfonamides is 1. The molecule has 2 aromatic carbocycles. The number of rotatable bonds is 6. The minimum Gasteiger partial charge on any atom is -0.373 e. The third kappa shape index (κ3) is 5.00. The summed E-state index contributed by atoms with van der Waals surface area (Å²) in [6.07, 6.45) is 1.83. The van der Waals surface area contributed by atoms with E-state index in [-0.39, 0.29) is 29.1 Å². The molecule has 0 radical (unpaired) electrons. The molecule has 2 aliphatic rings. The number of nitrogens with zero attached hydrogens (tertiary/aromatic N) is 1. The molecule has 2 fully saturated rings. The van der Waals surface area contributed by atoms with Gasteiger partial charge in [-0.05, 0) is 63.3 Å². The smallest absolute Gasteiger partial charge is 0.251 e. The van der Waals surface area contributed by atoms with Crippen molar-refractivity contribution in [2.45, 2.75) is 56.8 Å². The Morgan fingerprint density at radius 2 is 1.71 bits per heavy atom. The van der Waals surface area contributed by atoms with E-state index in [2.05, 4.69) is 17.4 Å². The first-order valence-corrected chi connectivity index (χ1v) is 12.3. The second-order valence-electron chi connectivity index (χ2n) is 8.81. The molecule has 0 aromatic heterocycles. The van der Waals surface area contributed by atoms with Gasteiger partial charge in [-0.15, -0.1) is 0 Å². The number of benzene rings is 2. The second-order valence-corrected chi connectivity index (χ2v) is 10.7. The molecule has 1 aliphatic heterocycles. The number of morpholine rings is 1. The molecule has 1 N–H and O–H groups in total. The van der Waals surface area contributed by atoms with Crippen LogP contribution >= 0.6 is 0 Å². The summed E-state index contributed by atoms with van der Waals surface area (Å²) in [4.78, 5) is 13.2. The lowest BCUT2D eigenvalue weighted by Gasteiger charge is -2.34. The number of nitrogens with one attached hydrogen (secondary N) is 1. The van der Waals surface area contributed by atoms with E-state index >= 15 is 0 Å². The maximum absolute atomic E-state index is 13.2. The Kier molecular flexibility index (Phi) is 6.19. The van der Waals surface area contributed by atoms with Crippen molar-refractivity contribution in [3.8, 4) is 0 Å². The van der Waals surface area contributed by atoms with Gasteiger partial charge in [-0.3, -0.25) is 4.79 Å². The van der Waals surface area contributed by atoms with Gasteiger partial charge in [0.1, 0.15) is 0 Å². The zero-order chi connectivity index (χ0) is 22.2. The van der Waals surface area contributed by atoms with Crippen molar-refractivity contribution in [3.63, 3.8) is 0 Å². The maximum Gasteiger partial charge on any atom is 0.251 e.